The quantitative estimate of drug-likeness (QED) is 0.352. The molecule has 2 aromatic rings. The smallest absolute Gasteiger partial charge is 0.147 e. The standard InChI is InChI=1S/2C12H13.2CH3.2ClH.H2Si.Zr/c2*1-3-10-5-4-6-11-7-9(2)8-12(10)11;;;;;;/h2*4-8H,3H2,1-2H3;2*1H3;2*1H;1H2;. The Bertz CT molecular complexity index is 1020. The zero-order valence-electron chi connectivity index (χ0n) is 19.2. The van der Waals surface area contributed by atoms with Crippen LogP contribution in [0.2, 0.25) is 9.26 Å². The van der Waals surface area contributed by atoms with Crippen molar-refractivity contribution in [2.24, 2.45) is 0 Å². The van der Waals surface area contributed by atoms with Gasteiger partial charge in [0.1, 0.15) is 0 Å². The van der Waals surface area contributed by atoms with Crippen LogP contribution < -0.4 is 0 Å². The third-order valence-corrected chi connectivity index (χ3v) is 25.3. The van der Waals surface area contributed by atoms with Gasteiger partial charge in [0.15, 0.2) is 0 Å². The molecular weight excluding hydrogens is 503 g/mol. The maximum atomic E-state index is 2.73. The zero-order valence-corrected chi connectivity index (χ0v) is 24.7. The molecule has 2 unspecified atom stereocenters. The van der Waals surface area contributed by atoms with Crippen molar-refractivity contribution < 1.29 is 17.4 Å². The molecule has 0 aromatic heterocycles. The number of allylic oxidation sites excluding steroid dienone is 2. The van der Waals surface area contributed by atoms with Crippen LogP contribution in [-0.4, -0.2) is 6.88 Å². The predicted octanol–water partition coefficient (Wildman–Crippen LogP) is 7.61. The molecule has 4 heteroatoms. The van der Waals surface area contributed by atoms with Crippen LogP contribution in [-0.2, 0) is 30.2 Å². The van der Waals surface area contributed by atoms with Gasteiger partial charge in [-0.25, -0.2) is 0 Å². The minimum Gasteiger partial charge on any atom is -0.147 e. The molecule has 2 atom stereocenters. The van der Waals surface area contributed by atoms with Gasteiger partial charge in [-0.2, -0.15) is 0 Å². The zero-order chi connectivity index (χ0) is 20.3. The van der Waals surface area contributed by atoms with Crippen LogP contribution in [0.1, 0.15) is 68.3 Å². The third-order valence-electron chi connectivity index (χ3n) is 7.40. The molecular formula is C26H36Cl2SiZr. The Morgan fingerprint density at radius 1 is 0.733 bits per heavy atom. The van der Waals surface area contributed by atoms with Crippen LogP contribution in [0.4, 0.5) is 0 Å². The normalized spacial score (nSPS) is 19.8. The first-order valence-corrected chi connectivity index (χ1v) is 24.5. The molecule has 2 aliphatic rings. The van der Waals surface area contributed by atoms with Crippen molar-refractivity contribution in [2.45, 2.75) is 57.1 Å². The molecule has 0 nitrogen and oxygen atoms in total. The van der Waals surface area contributed by atoms with E-state index in [0.717, 1.165) is 12.8 Å². The molecule has 30 heavy (non-hydrogen) atoms. The van der Waals surface area contributed by atoms with Crippen molar-refractivity contribution in [2.75, 3.05) is 0 Å². The van der Waals surface area contributed by atoms with Crippen molar-refractivity contribution in [3.8, 4) is 0 Å². The first-order valence-electron chi connectivity index (χ1n) is 10.8. The number of rotatable bonds is 4. The first-order chi connectivity index (χ1) is 13.2. The Morgan fingerprint density at radius 2 is 1.10 bits per heavy atom. The molecule has 0 fully saturated rings. The fraction of sp³-hybridized carbons (Fsp3) is 0.385. The van der Waals surface area contributed by atoms with Gasteiger partial charge < -0.3 is 0 Å². The molecule has 0 radical (unpaired) electrons. The van der Waals surface area contributed by atoms with Gasteiger partial charge in [-0.15, -0.1) is 24.8 Å². The van der Waals surface area contributed by atoms with E-state index in [0.29, 0.717) is 7.25 Å². The Hall–Kier alpha value is -0.400. The maximum Gasteiger partial charge on any atom is -0.147 e. The molecule has 0 bridgehead atoms. The molecule has 0 heterocycles. The van der Waals surface area contributed by atoms with Gasteiger partial charge in [0.25, 0.3) is 0 Å². The van der Waals surface area contributed by atoms with Gasteiger partial charge in [-0.05, 0) is 0 Å². The van der Waals surface area contributed by atoms with Crippen molar-refractivity contribution in [3.63, 3.8) is 0 Å². The fourth-order valence-electron chi connectivity index (χ4n) is 6.53. The second kappa shape index (κ2) is 8.86. The van der Waals surface area contributed by atoms with E-state index < -0.39 is 17.4 Å². The largest absolute Gasteiger partial charge is 0.147 e. The third kappa shape index (κ3) is 3.81. The second-order valence-electron chi connectivity index (χ2n) is 10.1. The summed E-state index contributed by atoms with van der Waals surface area (Å²) in [5, 5.41) is 0. The number of hydrogen-bond donors (Lipinski definition) is 0. The number of halogens is 2. The van der Waals surface area contributed by atoms with E-state index in [2.05, 4.69) is 92.4 Å². The molecule has 0 aliphatic heterocycles. The van der Waals surface area contributed by atoms with E-state index in [-0.39, 0.29) is 24.8 Å². The Kier molecular flexibility index (Phi) is 7.63. The second-order valence-corrected chi connectivity index (χ2v) is 40.6. The molecule has 2 aromatic carbocycles. The minimum atomic E-state index is -3.26. The molecule has 0 amide bonds. The Balaban J connectivity index is 0.00000160. The van der Waals surface area contributed by atoms with Crippen LogP contribution in [0.5, 0.6) is 0 Å². The van der Waals surface area contributed by atoms with Gasteiger partial charge in [-0.1, -0.05) is 0 Å². The molecule has 0 spiro atoms. The summed E-state index contributed by atoms with van der Waals surface area (Å²) in [6, 6.07) is 14.1. The summed E-state index contributed by atoms with van der Waals surface area (Å²) >= 11 is -3.26. The molecule has 0 saturated heterocycles. The van der Waals surface area contributed by atoms with E-state index in [1.807, 2.05) is 0 Å². The van der Waals surface area contributed by atoms with Gasteiger partial charge >= 0.3 is 174 Å². The van der Waals surface area contributed by atoms with Crippen LogP contribution >= 0.6 is 24.8 Å². The summed E-state index contributed by atoms with van der Waals surface area (Å²) in [7, 11) is 0. The summed E-state index contributed by atoms with van der Waals surface area (Å²) in [5.41, 5.74) is 12.5. The monoisotopic (exact) mass is 536 g/mol. The van der Waals surface area contributed by atoms with Crippen LogP contribution in [0, 0.1) is 0 Å². The minimum absolute atomic E-state index is 0. The Morgan fingerprint density at radius 3 is 1.43 bits per heavy atom. The van der Waals surface area contributed by atoms with E-state index in [9.17, 15) is 0 Å². The fourth-order valence-corrected chi connectivity index (χ4v) is 27.8. The van der Waals surface area contributed by atoms with Crippen molar-refractivity contribution in [1.82, 2.24) is 0 Å². The average molecular weight is 539 g/mol. The maximum absolute atomic E-state index is 3.26. The van der Waals surface area contributed by atoms with Gasteiger partial charge in [0.2, 0.25) is 0 Å². The first kappa shape index (κ1) is 25.9. The number of fused-ring (bicyclic) bond motifs is 2. The van der Waals surface area contributed by atoms with Crippen LogP contribution in [0.3, 0.4) is 0 Å². The topological polar surface area (TPSA) is 0 Å². The van der Waals surface area contributed by atoms with Crippen molar-refractivity contribution in [1.29, 1.82) is 0 Å². The van der Waals surface area contributed by atoms with Crippen molar-refractivity contribution >= 4 is 43.8 Å². The summed E-state index contributed by atoms with van der Waals surface area (Å²) < 4.78 is 6.74. The molecule has 162 valence electrons. The Labute approximate surface area is 197 Å². The van der Waals surface area contributed by atoms with E-state index >= 15 is 0 Å². The van der Waals surface area contributed by atoms with E-state index in [1.54, 1.807) is 22.3 Å². The molecule has 4 rings (SSSR count). The van der Waals surface area contributed by atoms with Gasteiger partial charge in [0, 0.05) is 0 Å². The molecule has 2 aliphatic carbocycles. The number of hydrogen-bond acceptors (Lipinski definition) is 0. The number of aryl methyl sites for hydroxylation is 2. The molecule has 0 saturated carbocycles. The summed E-state index contributed by atoms with van der Waals surface area (Å²) in [4.78, 5) is 0. The summed E-state index contributed by atoms with van der Waals surface area (Å²) in [5.74, 6) is 0. The van der Waals surface area contributed by atoms with E-state index in [4.69, 9.17) is 0 Å². The average Bonchev–Trinajstić information content (AvgIpc) is 3.17. The predicted molar refractivity (Wildman–Crippen MR) is 139 cm³/mol. The summed E-state index contributed by atoms with van der Waals surface area (Å²) in [6.45, 7) is 11.8. The number of benzene rings is 2. The van der Waals surface area contributed by atoms with E-state index in [1.165, 1.54) is 22.3 Å². The van der Waals surface area contributed by atoms with Gasteiger partial charge in [-0.3, -0.25) is 0 Å². The van der Waals surface area contributed by atoms with Crippen molar-refractivity contribution in [3.05, 3.63) is 80.9 Å². The van der Waals surface area contributed by atoms with Gasteiger partial charge in [0.05, 0.1) is 0 Å². The van der Waals surface area contributed by atoms with Crippen LogP contribution in [0.15, 0.2) is 47.5 Å². The molecule has 0 N–H and O–H groups in total. The SMILES string of the molecule is CCc1cccc2c1C=C(C)[CH]2[Zr]([CH3])([CH3])(=[SiH2])[CH]1C(C)=Cc2c(CC)cccc21.Cl.Cl. The van der Waals surface area contributed by atoms with Crippen LogP contribution in [0.25, 0.3) is 12.2 Å². The summed E-state index contributed by atoms with van der Waals surface area (Å²) in [6.07, 6.45) is 7.28.